The average molecular weight is 870 g/mol. The number of carbonyl (C=O) groups is 1. The Bertz CT molecular complexity index is 2420. The first-order valence-corrected chi connectivity index (χ1v) is 18.8. The molecule has 0 saturated heterocycles. The van der Waals surface area contributed by atoms with Crippen LogP contribution in [0, 0.1) is 17.9 Å². The fourth-order valence-electron chi connectivity index (χ4n) is 7.57. The van der Waals surface area contributed by atoms with Crippen molar-refractivity contribution in [1.29, 1.82) is 0 Å². The van der Waals surface area contributed by atoms with E-state index in [0.29, 0.717) is 0 Å². The minimum Gasteiger partial charge on any atom is -0.512 e. The van der Waals surface area contributed by atoms with Gasteiger partial charge < -0.3 is 5.11 Å². The van der Waals surface area contributed by atoms with Gasteiger partial charge in [0.15, 0.2) is 5.78 Å². The molecule has 0 bridgehead atoms. The molecule has 0 fully saturated rings. The normalized spacial score (nSPS) is 12.8. The van der Waals surface area contributed by atoms with E-state index in [1.807, 2.05) is 27.7 Å². The Balaban J connectivity index is 0.000000280. The van der Waals surface area contributed by atoms with Crippen molar-refractivity contribution in [2.75, 3.05) is 0 Å². The van der Waals surface area contributed by atoms with Crippen molar-refractivity contribution < 1.29 is 30.0 Å². The van der Waals surface area contributed by atoms with E-state index < -0.39 is 0 Å². The maximum absolute atomic E-state index is 11.7. The number of hydrogen-bond acceptors (Lipinski definition) is 4. The van der Waals surface area contributed by atoms with Crippen LogP contribution in [0.1, 0.15) is 106 Å². The first-order chi connectivity index (χ1) is 24.2. The quantitative estimate of drug-likeness (QED) is 0.0570. The Labute approximate surface area is 322 Å². The average Bonchev–Trinajstić information content (AvgIpc) is 3.10. The van der Waals surface area contributed by atoms with E-state index in [9.17, 15) is 9.90 Å². The van der Waals surface area contributed by atoms with E-state index in [0.717, 1.165) is 52.9 Å². The van der Waals surface area contributed by atoms with Crippen molar-refractivity contribution in [2.45, 2.75) is 106 Å². The summed E-state index contributed by atoms with van der Waals surface area (Å²) in [5.74, 6) is 0.547. The number of aromatic nitrogens is 2. The molecular weight excluding hydrogens is 817 g/mol. The van der Waals surface area contributed by atoms with Crippen LogP contribution in [0.4, 0.5) is 0 Å². The van der Waals surface area contributed by atoms with Gasteiger partial charge in [0.1, 0.15) is 6.33 Å². The fraction of sp³-hybridized carbons (Fsp3) is 0.383. The SMILES string of the molecule is CC(C)(C)c1ccc2c(c1)c1cc(C(C)(C)C)cc3c4cc5ccccc5[c-]c4c4ncnc2c4c31.CCC(CC)C(=O)/C=C(\O)C(CC)CC.[Ir]. The largest absolute Gasteiger partial charge is 0.512 e. The fourth-order valence-corrected chi connectivity index (χ4v) is 7.57. The number of nitrogens with zero attached hydrogens (tertiary/aromatic N) is 2. The molecule has 1 heterocycles. The number of ketones is 1. The molecule has 0 aliphatic carbocycles. The molecule has 1 radical (unpaired) electrons. The van der Waals surface area contributed by atoms with E-state index in [2.05, 4.69) is 108 Å². The zero-order valence-electron chi connectivity index (χ0n) is 32.5. The van der Waals surface area contributed by atoms with Crippen molar-refractivity contribution in [3.63, 3.8) is 0 Å². The number of hydrogen-bond donors (Lipinski definition) is 1. The second-order valence-electron chi connectivity index (χ2n) is 16.3. The molecule has 273 valence electrons. The Kier molecular flexibility index (Phi) is 11.5. The Morgan fingerprint density at radius 1 is 0.692 bits per heavy atom. The summed E-state index contributed by atoms with van der Waals surface area (Å²) in [4.78, 5) is 21.4. The van der Waals surface area contributed by atoms with Gasteiger partial charge in [-0.2, -0.15) is 0 Å². The molecule has 1 aromatic heterocycles. The van der Waals surface area contributed by atoms with Crippen LogP contribution in [0.5, 0.6) is 0 Å². The molecule has 0 unspecified atom stereocenters. The van der Waals surface area contributed by atoms with Crippen LogP contribution in [-0.4, -0.2) is 20.9 Å². The summed E-state index contributed by atoms with van der Waals surface area (Å²) < 4.78 is 0. The molecule has 7 aromatic rings. The molecule has 0 saturated carbocycles. The van der Waals surface area contributed by atoms with Crippen LogP contribution in [0.3, 0.4) is 0 Å². The third-order valence-electron chi connectivity index (χ3n) is 10.9. The molecule has 0 spiro atoms. The number of fused-ring (bicyclic) bond motifs is 7. The summed E-state index contributed by atoms with van der Waals surface area (Å²) in [5.41, 5.74) is 4.77. The van der Waals surface area contributed by atoms with Gasteiger partial charge in [-0.15, -0.1) is 23.6 Å². The number of rotatable bonds is 7. The van der Waals surface area contributed by atoms with E-state index >= 15 is 0 Å². The number of allylic oxidation sites excluding steroid dienone is 2. The summed E-state index contributed by atoms with van der Waals surface area (Å²) in [6.45, 7) is 21.8. The molecule has 0 aliphatic rings. The molecule has 1 N–H and O–H groups in total. The summed E-state index contributed by atoms with van der Waals surface area (Å²) in [5, 5.41) is 21.8. The van der Waals surface area contributed by atoms with Gasteiger partial charge in [0.05, 0.1) is 11.3 Å². The van der Waals surface area contributed by atoms with E-state index in [1.54, 1.807) is 6.33 Å². The summed E-state index contributed by atoms with van der Waals surface area (Å²) in [7, 11) is 0. The van der Waals surface area contributed by atoms with Gasteiger partial charge in [0, 0.05) is 54.3 Å². The number of aliphatic hydroxyl groups is 1. The second kappa shape index (κ2) is 15.2. The van der Waals surface area contributed by atoms with Crippen molar-refractivity contribution in [3.05, 3.63) is 96.0 Å². The maximum atomic E-state index is 11.7. The predicted molar refractivity (Wildman–Crippen MR) is 218 cm³/mol. The predicted octanol–water partition coefficient (Wildman–Crippen LogP) is 13.1. The molecule has 0 aliphatic heterocycles. The first kappa shape index (κ1) is 39.3. The van der Waals surface area contributed by atoms with Crippen LogP contribution >= 0.6 is 0 Å². The molecule has 5 heteroatoms. The number of aliphatic hydroxyl groups excluding tert-OH is 1. The van der Waals surface area contributed by atoms with Gasteiger partial charge in [0.2, 0.25) is 0 Å². The van der Waals surface area contributed by atoms with Crippen molar-refractivity contribution in [3.8, 4) is 0 Å². The summed E-state index contributed by atoms with van der Waals surface area (Å²) in [6, 6.07) is 26.3. The van der Waals surface area contributed by atoms with Gasteiger partial charge in [-0.05, 0) is 75.3 Å². The van der Waals surface area contributed by atoms with Crippen LogP contribution in [0.2, 0.25) is 0 Å². The van der Waals surface area contributed by atoms with Crippen LogP contribution in [-0.2, 0) is 35.7 Å². The maximum Gasteiger partial charge on any atom is 0.162 e. The molecule has 4 nitrogen and oxygen atoms in total. The second-order valence-corrected chi connectivity index (χ2v) is 16.3. The van der Waals surface area contributed by atoms with Gasteiger partial charge in [0.25, 0.3) is 0 Å². The van der Waals surface area contributed by atoms with E-state index in [-0.39, 0.29) is 54.3 Å². The van der Waals surface area contributed by atoms with Gasteiger partial charge in [-0.25, -0.2) is 4.98 Å². The van der Waals surface area contributed by atoms with Crippen molar-refractivity contribution >= 4 is 70.7 Å². The van der Waals surface area contributed by atoms with E-state index in [4.69, 9.17) is 9.97 Å². The van der Waals surface area contributed by atoms with Gasteiger partial charge in [-0.1, -0.05) is 128 Å². The summed E-state index contributed by atoms with van der Waals surface area (Å²) in [6.07, 6.45) is 6.63. The van der Waals surface area contributed by atoms with E-state index in [1.165, 1.54) is 54.9 Å². The standard InChI is InChI=1S/C34H29N2.C13H24O2.Ir/c1-33(2,3)21-11-12-23-25(15-21)27-17-22(34(4,5)6)16-26-24-13-19-9-7-8-10-20(19)14-28(24)32-30(29(26)27)31(23)35-18-36-32;1-5-10(6-2)12(14)9-13(15)11(7-3)8-4;/h7-13,15-18H,1-6H3;9-11,14H,5-8H2,1-4H3;/q-1;;/b;12-9-;. The smallest absolute Gasteiger partial charge is 0.162 e. The zero-order valence-corrected chi connectivity index (χ0v) is 34.9. The third kappa shape index (κ3) is 7.20. The number of carbonyl (C=O) groups excluding carboxylic acids is 1. The van der Waals surface area contributed by atoms with Gasteiger partial charge in [-0.3, -0.25) is 9.78 Å². The molecule has 52 heavy (non-hydrogen) atoms. The molecule has 0 atom stereocenters. The third-order valence-corrected chi connectivity index (χ3v) is 10.9. The molecular formula is C47H53IrN2O2-. The topological polar surface area (TPSA) is 63.1 Å². The van der Waals surface area contributed by atoms with Crippen molar-refractivity contribution in [2.24, 2.45) is 11.8 Å². The number of benzene rings is 6. The molecule has 0 amide bonds. The van der Waals surface area contributed by atoms with Crippen LogP contribution in [0.15, 0.2) is 78.8 Å². The minimum absolute atomic E-state index is 0. The van der Waals surface area contributed by atoms with Crippen LogP contribution < -0.4 is 0 Å². The zero-order chi connectivity index (χ0) is 36.8. The van der Waals surface area contributed by atoms with Crippen molar-refractivity contribution in [1.82, 2.24) is 9.97 Å². The Hall–Kier alpha value is -3.92. The summed E-state index contributed by atoms with van der Waals surface area (Å²) >= 11 is 0. The van der Waals surface area contributed by atoms with Crippen LogP contribution in [0.25, 0.3) is 64.9 Å². The Morgan fingerprint density at radius 3 is 1.88 bits per heavy atom. The molecule has 7 rings (SSSR count). The minimum atomic E-state index is 0. The Morgan fingerprint density at radius 2 is 1.27 bits per heavy atom. The first-order valence-electron chi connectivity index (χ1n) is 18.8. The molecule has 6 aromatic carbocycles. The monoisotopic (exact) mass is 870 g/mol. The van der Waals surface area contributed by atoms with Gasteiger partial charge >= 0.3 is 0 Å².